The molecular weight excluding hydrogens is 328 g/mol. The van der Waals surface area contributed by atoms with Crippen LogP contribution in [0.4, 0.5) is 5.69 Å². The van der Waals surface area contributed by atoms with Crippen molar-refractivity contribution in [1.82, 2.24) is 5.32 Å². The zero-order valence-electron chi connectivity index (χ0n) is 10.4. The fourth-order valence-electron chi connectivity index (χ4n) is 1.77. The summed E-state index contributed by atoms with van der Waals surface area (Å²) < 4.78 is 0.849. The molecule has 1 aromatic heterocycles. The molecule has 4 nitrogen and oxygen atoms in total. The zero-order chi connectivity index (χ0) is 13.8. The Balaban J connectivity index is 2.05. The summed E-state index contributed by atoms with van der Waals surface area (Å²) in [7, 11) is 0. The highest BCUT2D eigenvalue weighted by molar-refractivity contribution is 9.10. The lowest BCUT2D eigenvalue weighted by molar-refractivity contribution is -0.385. The second kappa shape index (κ2) is 6.27. The molecule has 0 aliphatic carbocycles. The maximum absolute atomic E-state index is 10.9. The van der Waals surface area contributed by atoms with Gasteiger partial charge in [0.25, 0.3) is 5.69 Å². The predicted molar refractivity (Wildman–Crippen MR) is 80.4 cm³/mol. The third kappa shape index (κ3) is 3.62. The first kappa shape index (κ1) is 14.2. The number of halogens is 1. The molecule has 0 amide bonds. The van der Waals surface area contributed by atoms with Gasteiger partial charge in [-0.3, -0.25) is 10.1 Å². The average molecular weight is 341 g/mol. The Morgan fingerprint density at radius 2 is 2.05 bits per heavy atom. The summed E-state index contributed by atoms with van der Waals surface area (Å²) in [4.78, 5) is 10.6. The monoisotopic (exact) mass is 340 g/mol. The highest BCUT2D eigenvalue weighted by Gasteiger charge is 2.13. The van der Waals surface area contributed by atoms with Gasteiger partial charge in [0.2, 0.25) is 0 Å². The highest BCUT2D eigenvalue weighted by atomic mass is 79.9. The molecule has 1 aromatic carbocycles. The normalized spacial score (nSPS) is 10.6. The number of nitrogens with one attached hydrogen (secondary N) is 1. The molecule has 0 atom stereocenters. The number of nitro benzene ring substituents is 1. The minimum Gasteiger partial charge on any atom is -0.308 e. The van der Waals surface area contributed by atoms with Crippen molar-refractivity contribution in [3.8, 4) is 0 Å². The smallest absolute Gasteiger partial charge is 0.273 e. The number of rotatable bonds is 5. The molecule has 1 heterocycles. The molecule has 0 fully saturated rings. The maximum Gasteiger partial charge on any atom is 0.273 e. The molecule has 100 valence electrons. The molecular formula is C13H13BrN2O2S. The minimum absolute atomic E-state index is 0.151. The summed E-state index contributed by atoms with van der Waals surface area (Å²) in [6.45, 7) is 3.26. The number of thiophene rings is 1. The second-order valence-electron chi connectivity index (χ2n) is 4.21. The molecule has 0 aliphatic heterocycles. The van der Waals surface area contributed by atoms with E-state index >= 15 is 0 Å². The Morgan fingerprint density at radius 3 is 2.68 bits per heavy atom. The summed E-state index contributed by atoms with van der Waals surface area (Å²) in [5.74, 6) is 0. The number of hydrogen-bond acceptors (Lipinski definition) is 4. The van der Waals surface area contributed by atoms with Crippen molar-refractivity contribution in [2.45, 2.75) is 20.0 Å². The van der Waals surface area contributed by atoms with Crippen molar-refractivity contribution in [3.05, 3.63) is 60.2 Å². The number of nitro groups is 1. The molecule has 1 N–H and O–H groups in total. The van der Waals surface area contributed by atoms with Crippen LogP contribution in [0.3, 0.4) is 0 Å². The van der Waals surface area contributed by atoms with Gasteiger partial charge < -0.3 is 5.32 Å². The molecule has 0 unspecified atom stereocenters. The lowest BCUT2D eigenvalue weighted by atomic mass is 10.1. The molecule has 19 heavy (non-hydrogen) atoms. The van der Waals surface area contributed by atoms with E-state index in [1.807, 2.05) is 0 Å². The summed E-state index contributed by atoms with van der Waals surface area (Å²) in [6.07, 6.45) is 0. The average Bonchev–Trinajstić information content (AvgIpc) is 2.75. The van der Waals surface area contributed by atoms with Gasteiger partial charge in [0, 0.05) is 29.2 Å². The zero-order valence-corrected chi connectivity index (χ0v) is 12.8. The first-order valence-corrected chi connectivity index (χ1v) is 7.46. The van der Waals surface area contributed by atoms with Gasteiger partial charge in [-0.25, -0.2) is 0 Å². The van der Waals surface area contributed by atoms with E-state index in [0.29, 0.717) is 12.1 Å². The van der Waals surface area contributed by atoms with E-state index in [2.05, 4.69) is 38.9 Å². The van der Waals surface area contributed by atoms with Crippen LogP contribution in [0.15, 0.2) is 33.4 Å². The molecule has 0 aliphatic rings. The third-order valence-corrected chi connectivity index (χ3v) is 4.23. The van der Waals surface area contributed by atoms with Crippen molar-refractivity contribution in [2.75, 3.05) is 0 Å². The van der Waals surface area contributed by atoms with E-state index in [1.54, 1.807) is 23.5 Å². The van der Waals surface area contributed by atoms with Crippen LogP contribution in [0, 0.1) is 17.0 Å². The summed E-state index contributed by atoms with van der Waals surface area (Å²) in [5.41, 5.74) is 3.33. The SMILES string of the molecule is Cc1cscc1CNCc1cc(Br)ccc1[N+](=O)[O-]. The Kier molecular flexibility index (Phi) is 4.68. The van der Waals surface area contributed by atoms with Gasteiger partial charge in [0.1, 0.15) is 0 Å². The molecule has 0 spiro atoms. The van der Waals surface area contributed by atoms with Crippen LogP contribution in [0.25, 0.3) is 0 Å². The highest BCUT2D eigenvalue weighted by Crippen LogP contribution is 2.23. The first-order valence-electron chi connectivity index (χ1n) is 5.73. The van der Waals surface area contributed by atoms with Crippen LogP contribution in [-0.4, -0.2) is 4.92 Å². The lowest BCUT2D eigenvalue weighted by Crippen LogP contribution is -2.14. The second-order valence-corrected chi connectivity index (χ2v) is 5.87. The van der Waals surface area contributed by atoms with Crippen molar-refractivity contribution in [1.29, 1.82) is 0 Å². The Morgan fingerprint density at radius 1 is 1.32 bits per heavy atom. The molecule has 2 aromatic rings. The largest absolute Gasteiger partial charge is 0.308 e. The Hall–Kier alpha value is -1.24. The number of hydrogen-bond donors (Lipinski definition) is 1. The van der Waals surface area contributed by atoms with E-state index < -0.39 is 0 Å². The topological polar surface area (TPSA) is 55.2 Å². The standard InChI is InChI=1S/C13H13BrN2O2S/c1-9-7-19-8-11(9)6-15-5-10-4-12(14)2-3-13(10)16(17)18/h2-4,7-8,15H,5-6H2,1H3. The molecule has 0 bridgehead atoms. The van der Waals surface area contributed by atoms with Gasteiger partial charge >= 0.3 is 0 Å². The molecule has 0 saturated heterocycles. The third-order valence-electron chi connectivity index (χ3n) is 2.83. The molecule has 2 rings (SSSR count). The number of benzene rings is 1. The predicted octanol–water partition coefficient (Wildman–Crippen LogP) is 4.02. The van der Waals surface area contributed by atoms with Crippen LogP contribution in [-0.2, 0) is 13.1 Å². The number of nitrogens with zero attached hydrogens (tertiary/aromatic N) is 1. The molecule has 0 radical (unpaired) electrons. The lowest BCUT2D eigenvalue weighted by Gasteiger charge is -2.06. The quantitative estimate of drug-likeness (QED) is 0.660. The van der Waals surface area contributed by atoms with Gasteiger partial charge in [-0.05, 0) is 40.9 Å². The van der Waals surface area contributed by atoms with Crippen molar-refractivity contribution >= 4 is 33.0 Å². The fourth-order valence-corrected chi connectivity index (χ4v) is 3.04. The van der Waals surface area contributed by atoms with Crippen LogP contribution in [0.1, 0.15) is 16.7 Å². The van der Waals surface area contributed by atoms with Gasteiger partial charge in [0.05, 0.1) is 4.92 Å². The van der Waals surface area contributed by atoms with E-state index in [-0.39, 0.29) is 10.6 Å². The summed E-state index contributed by atoms with van der Waals surface area (Å²) in [5, 5.41) is 18.4. The Labute approximate surface area is 123 Å². The summed E-state index contributed by atoms with van der Waals surface area (Å²) in [6, 6.07) is 4.99. The van der Waals surface area contributed by atoms with Crippen molar-refractivity contribution in [2.24, 2.45) is 0 Å². The van der Waals surface area contributed by atoms with Crippen LogP contribution in [0.5, 0.6) is 0 Å². The van der Waals surface area contributed by atoms with Crippen molar-refractivity contribution < 1.29 is 4.92 Å². The molecule has 0 saturated carbocycles. The summed E-state index contributed by atoms with van der Waals surface area (Å²) >= 11 is 5.01. The molecule has 6 heteroatoms. The van der Waals surface area contributed by atoms with Gasteiger partial charge in [0.15, 0.2) is 0 Å². The fraction of sp³-hybridized carbons (Fsp3) is 0.231. The van der Waals surface area contributed by atoms with Gasteiger partial charge in [-0.1, -0.05) is 15.9 Å². The van der Waals surface area contributed by atoms with E-state index in [1.165, 1.54) is 17.2 Å². The maximum atomic E-state index is 10.9. The van der Waals surface area contributed by atoms with Gasteiger partial charge in [-0.15, -0.1) is 0 Å². The van der Waals surface area contributed by atoms with E-state index in [0.717, 1.165) is 11.0 Å². The minimum atomic E-state index is -0.348. The van der Waals surface area contributed by atoms with Crippen LogP contribution in [0.2, 0.25) is 0 Å². The first-order chi connectivity index (χ1) is 9.08. The van der Waals surface area contributed by atoms with Crippen LogP contribution < -0.4 is 5.32 Å². The number of aryl methyl sites for hydroxylation is 1. The Bertz CT molecular complexity index is 598. The van der Waals surface area contributed by atoms with E-state index in [9.17, 15) is 10.1 Å². The van der Waals surface area contributed by atoms with Gasteiger partial charge in [-0.2, -0.15) is 11.3 Å². The van der Waals surface area contributed by atoms with Crippen LogP contribution >= 0.6 is 27.3 Å². The van der Waals surface area contributed by atoms with E-state index in [4.69, 9.17) is 0 Å². The van der Waals surface area contributed by atoms with Crippen molar-refractivity contribution in [3.63, 3.8) is 0 Å².